The SMILES string of the molecule is CC(CN(C)C)NCC1(C)CCCCC1. The molecule has 0 amide bonds. The molecule has 1 unspecified atom stereocenters. The summed E-state index contributed by atoms with van der Waals surface area (Å²) in [6.07, 6.45) is 7.13. The Morgan fingerprint density at radius 2 is 1.80 bits per heavy atom. The zero-order valence-electron chi connectivity index (χ0n) is 11.0. The van der Waals surface area contributed by atoms with E-state index in [1.165, 1.54) is 38.6 Å². The standard InChI is InChI=1S/C13H28N2/c1-12(10-15(3)4)14-11-13(2)8-6-5-7-9-13/h12,14H,5-11H2,1-4H3. The van der Waals surface area contributed by atoms with Crippen molar-refractivity contribution in [1.82, 2.24) is 10.2 Å². The van der Waals surface area contributed by atoms with E-state index in [1.54, 1.807) is 0 Å². The first-order chi connectivity index (χ1) is 7.02. The zero-order valence-corrected chi connectivity index (χ0v) is 11.0. The van der Waals surface area contributed by atoms with Crippen molar-refractivity contribution in [2.75, 3.05) is 27.2 Å². The summed E-state index contributed by atoms with van der Waals surface area (Å²) >= 11 is 0. The predicted octanol–water partition coefficient (Wildman–Crippen LogP) is 2.50. The molecular weight excluding hydrogens is 184 g/mol. The number of nitrogens with zero attached hydrogens (tertiary/aromatic N) is 1. The van der Waals surface area contributed by atoms with Crippen molar-refractivity contribution in [3.63, 3.8) is 0 Å². The van der Waals surface area contributed by atoms with Gasteiger partial charge in [0.2, 0.25) is 0 Å². The minimum absolute atomic E-state index is 0.568. The predicted molar refractivity (Wildman–Crippen MR) is 67.2 cm³/mol. The van der Waals surface area contributed by atoms with Gasteiger partial charge in [0.05, 0.1) is 0 Å². The normalized spacial score (nSPS) is 23.0. The summed E-state index contributed by atoms with van der Waals surface area (Å²) in [4.78, 5) is 2.25. The van der Waals surface area contributed by atoms with E-state index in [1.807, 2.05) is 0 Å². The average Bonchev–Trinajstić information content (AvgIpc) is 2.15. The first-order valence-corrected chi connectivity index (χ1v) is 6.40. The van der Waals surface area contributed by atoms with Crippen LogP contribution in [0.2, 0.25) is 0 Å². The molecule has 1 fully saturated rings. The zero-order chi connectivity index (χ0) is 11.3. The highest BCUT2D eigenvalue weighted by Crippen LogP contribution is 2.34. The molecule has 1 aliphatic rings. The van der Waals surface area contributed by atoms with Crippen LogP contribution in [0.3, 0.4) is 0 Å². The molecule has 1 aliphatic carbocycles. The van der Waals surface area contributed by atoms with Crippen LogP contribution in [-0.2, 0) is 0 Å². The van der Waals surface area contributed by atoms with Crippen molar-refractivity contribution in [1.29, 1.82) is 0 Å². The molecule has 0 aromatic rings. The molecule has 1 N–H and O–H groups in total. The van der Waals surface area contributed by atoms with Crippen molar-refractivity contribution in [3.8, 4) is 0 Å². The van der Waals surface area contributed by atoms with Crippen LogP contribution in [0, 0.1) is 5.41 Å². The molecule has 1 saturated carbocycles. The van der Waals surface area contributed by atoms with E-state index < -0.39 is 0 Å². The van der Waals surface area contributed by atoms with E-state index in [-0.39, 0.29) is 0 Å². The maximum atomic E-state index is 3.68. The summed E-state index contributed by atoms with van der Waals surface area (Å²) in [7, 11) is 4.28. The highest BCUT2D eigenvalue weighted by molar-refractivity contribution is 4.81. The fourth-order valence-corrected chi connectivity index (χ4v) is 2.62. The molecule has 0 aliphatic heterocycles. The summed E-state index contributed by atoms with van der Waals surface area (Å²) in [6.45, 7) is 7.06. The van der Waals surface area contributed by atoms with Gasteiger partial charge in [-0.25, -0.2) is 0 Å². The van der Waals surface area contributed by atoms with Gasteiger partial charge < -0.3 is 10.2 Å². The Kier molecular flexibility index (Phi) is 5.07. The minimum atomic E-state index is 0.568. The molecule has 0 bridgehead atoms. The highest BCUT2D eigenvalue weighted by atomic mass is 15.1. The lowest BCUT2D eigenvalue weighted by atomic mass is 9.75. The summed E-state index contributed by atoms with van der Waals surface area (Å²) in [6, 6.07) is 0.610. The van der Waals surface area contributed by atoms with Crippen LogP contribution in [0.15, 0.2) is 0 Å². The van der Waals surface area contributed by atoms with Gasteiger partial charge in [0.15, 0.2) is 0 Å². The monoisotopic (exact) mass is 212 g/mol. The van der Waals surface area contributed by atoms with E-state index in [0.717, 1.165) is 6.54 Å². The van der Waals surface area contributed by atoms with Crippen LogP contribution in [-0.4, -0.2) is 38.1 Å². The fourth-order valence-electron chi connectivity index (χ4n) is 2.62. The largest absolute Gasteiger partial charge is 0.312 e. The van der Waals surface area contributed by atoms with Crippen molar-refractivity contribution in [3.05, 3.63) is 0 Å². The van der Waals surface area contributed by atoms with Crippen LogP contribution in [0.25, 0.3) is 0 Å². The van der Waals surface area contributed by atoms with Crippen LogP contribution in [0.4, 0.5) is 0 Å². The second-order valence-corrected chi connectivity index (χ2v) is 5.92. The summed E-state index contributed by atoms with van der Waals surface area (Å²) in [5.74, 6) is 0. The smallest absolute Gasteiger partial charge is 0.0166 e. The topological polar surface area (TPSA) is 15.3 Å². The lowest BCUT2D eigenvalue weighted by Crippen LogP contribution is -2.42. The Morgan fingerprint density at radius 1 is 1.20 bits per heavy atom. The second-order valence-electron chi connectivity index (χ2n) is 5.92. The minimum Gasteiger partial charge on any atom is -0.312 e. The van der Waals surface area contributed by atoms with Gasteiger partial charge >= 0.3 is 0 Å². The summed E-state index contributed by atoms with van der Waals surface area (Å²) in [5, 5.41) is 3.68. The molecule has 1 rings (SSSR count). The third-order valence-electron chi connectivity index (χ3n) is 3.58. The molecule has 0 aromatic heterocycles. The number of nitrogens with one attached hydrogen (secondary N) is 1. The van der Waals surface area contributed by atoms with Gasteiger partial charge in [-0.05, 0) is 39.3 Å². The van der Waals surface area contributed by atoms with Crippen molar-refractivity contribution >= 4 is 0 Å². The Labute approximate surface area is 95.4 Å². The maximum Gasteiger partial charge on any atom is 0.0166 e. The molecule has 0 radical (unpaired) electrons. The first kappa shape index (κ1) is 13.0. The Hall–Kier alpha value is -0.0800. The van der Waals surface area contributed by atoms with Gasteiger partial charge in [-0.2, -0.15) is 0 Å². The highest BCUT2D eigenvalue weighted by Gasteiger charge is 2.26. The van der Waals surface area contributed by atoms with Crippen molar-refractivity contribution in [2.24, 2.45) is 5.41 Å². The van der Waals surface area contributed by atoms with Crippen molar-refractivity contribution in [2.45, 2.75) is 52.0 Å². The van der Waals surface area contributed by atoms with Gasteiger partial charge in [0, 0.05) is 19.1 Å². The Bertz CT molecular complexity index is 171. The quantitative estimate of drug-likeness (QED) is 0.753. The fraction of sp³-hybridized carbons (Fsp3) is 1.00. The van der Waals surface area contributed by atoms with Crippen LogP contribution >= 0.6 is 0 Å². The molecule has 90 valence electrons. The molecule has 0 aromatic carbocycles. The third kappa shape index (κ3) is 4.98. The van der Waals surface area contributed by atoms with E-state index in [2.05, 4.69) is 38.2 Å². The third-order valence-corrected chi connectivity index (χ3v) is 3.58. The summed E-state index contributed by atoms with van der Waals surface area (Å²) < 4.78 is 0. The van der Waals surface area contributed by atoms with Gasteiger partial charge in [0.25, 0.3) is 0 Å². The van der Waals surface area contributed by atoms with Gasteiger partial charge in [-0.15, -0.1) is 0 Å². The lowest BCUT2D eigenvalue weighted by molar-refractivity contribution is 0.196. The number of likely N-dealkylation sites (N-methyl/N-ethyl adjacent to an activating group) is 1. The summed E-state index contributed by atoms with van der Waals surface area (Å²) in [5.41, 5.74) is 0.568. The first-order valence-electron chi connectivity index (χ1n) is 6.40. The molecule has 0 saturated heterocycles. The van der Waals surface area contributed by atoms with Crippen LogP contribution in [0.5, 0.6) is 0 Å². The van der Waals surface area contributed by atoms with Gasteiger partial charge in [-0.3, -0.25) is 0 Å². The van der Waals surface area contributed by atoms with E-state index in [9.17, 15) is 0 Å². The molecule has 2 heteroatoms. The van der Waals surface area contributed by atoms with E-state index in [4.69, 9.17) is 0 Å². The molecule has 15 heavy (non-hydrogen) atoms. The van der Waals surface area contributed by atoms with E-state index in [0.29, 0.717) is 11.5 Å². The van der Waals surface area contributed by atoms with Gasteiger partial charge in [-0.1, -0.05) is 26.2 Å². The number of hydrogen-bond donors (Lipinski definition) is 1. The Morgan fingerprint density at radius 3 is 2.33 bits per heavy atom. The molecule has 0 spiro atoms. The maximum absolute atomic E-state index is 3.68. The van der Waals surface area contributed by atoms with Crippen LogP contribution < -0.4 is 5.32 Å². The lowest BCUT2D eigenvalue weighted by Gasteiger charge is -2.35. The molecular formula is C13H28N2. The molecule has 0 heterocycles. The Balaban J connectivity index is 2.22. The average molecular weight is 212 g/mol. The van der Waals surface area contributed by atoms with Crippen LogP contribution in [0.1, 0.15) is 46.0 Å². The van der Waals surface area contributed by atoms with E-state index >= 15 is 0 Å². The van der Waals surface area contributed by atoms with Gasteiger partial charge in [0.1, 0.15) is 0 Å². The second kappa shape index (κ2) is 5.86. The number of rotatable bonds is 5. The molecule has 2 nitrogen and oxygen atoms in total. The molecule has 1 atom stereocenters. The number of hydrogen-bond acceptors (Lipinski definition) is 2. The van der Waals surface area contributed by atoms with Crippen molar-refractivity contribution < 1.29 is 0 Å².